The van der Waals surface area contributed by atoms with Crippen molar-refractivity contribution in [2.75, 3.05) is 19.0 Å². The minimum Gasteiger partial charge on any atom is -0.492 e. The fourth-order valence-corrected chi connectivity index (χ4v) is 4.80. The highest BCUT2D eigenvalue weighted by atomic mass is 32.2. The number of fused-ring (bicyclic) bond motifs is 1. The quantitative estimate of drug-likeness (QED) is 0.364. The summed E-state index contributed by atoms with van der Waals surface area (Å²) in [7, 11) is 0. The van der Waals surface area contributed by atoms with Crippen LogP contribution in [0.1, 0.15) is 20.3 Å². The first-order valence-electron chi connectivity index (χ1n) is 9.78. The van der Waals surface area contributed by atoms with Gasteiger partial charge in [-0.2, -0.15) is 4.99 Å². The van der Waals surface area contributed by atoms with E-state index in [4.69, 9.17) is 9.47 Å². The van der Waals surface area contributed by atoms with Crippen LogP contribution in [0, 0.1) is 0 Å². The third-order valence-corrected chi connectivity index (χ3v) is 6.16. The number of aromatic nitrogens is 1. The molecule has 0 atom stereocenters. The van der Waals surface area contributed by atoms with Crippen molar-refractivity contribution < 1.29 is 19.1 Å². The number of hydrogen-bond acceptors (Lipinski definition) is 6. The van der Waals surface area contributed by atoms with Crippen LogP contribution in [0.5, 0.6) is 5.75 Å². The molecule has 6 nitrogen and oxygen atoms in total. The molecule has 1 amide bonds. The Labute approximate surface area is 183 Å². The van der Waals surface area contributed by atoms with Crippen LogP contribution in [0.2, 0.25) is 0 Å². The number of rotatable bonds is 9. The van der Waals surface area contributed by atoms with Crippen molar-refractivity contribution in [2.24, 2.45) is 4.99 Å². The van der Waals surface area contributed by atoms with Crippen molar-refractivity contribution in [3.05, 3.63) is 53.3 Å². The van der Waals surface area contributed by atoms with Gasteiger partial charge in [-0.25, -0.2) is 0 Å². The Balaban J connectivity index is 1.87. The summed E-state index contributed by atoms with van der Waals surface area (Å²) in [5.74, 6) is 0.695. The maximum absolute atomic E-state index is 12.5. The highest BCUT2D eigenvalue weighted by Gasteiger charge is 2.16. The monoisotopic (exact) mass is 444 g/mol. The summed E-state index contributed by atoms with van der Waals surface area (Å²) in [6.07, 6.45) is 0.311. The van der Waals surface area contributed by atoms with Crippen LogP contribution < -0.4 is 9.54 Å². The van der Waals surface area contributed by atoms with Gasteiger partial charge in [-0.3, -0.25) is 9.59 Å². The lowest BCUT2D eigenvalue weighted by Crippen LogP contribution is -2.23. The van der Waals surface area contributed by atoms with Gasteiger partial charge in [0.2, 0.25) is 5.91 Å². The van der Waals surface area contributed by atoms with E-state index in [2.05, 4.69) is 4.99 Å². The Bertz CT molecular complexity index is 1070. The normalized spacial score (nSPS) is 11.6. The van der Waals surface area contributed by atoms with Crippen molar-refractivity contribution in [3.63, 3.8) is 0 Å². The summed E-state index contributed by atoms with van der Waals surface area (Å²) in [6.45, 7) is 4.43. The number of carbonyl (C=O) groups is 2. The van der Waals surface area contributed by atoms with Gasteiger partial charge < -0.3 is 14.0 Å². The average molecular weight is 445 g/mol. The summed E-state index contributed by atoms with van der Waals surface area (Å²) < 4.78 is 13.5. The van der Waals surface area contributed by atoms with Crippen molar-refractivity contribution in [1.82, 2.24) is 4.57 Å². The predicted octanol–water partition coefficient (Wildman–Crippen LogP) is 4.27. The van der Waals surface area contributed by atoms with E-state index in [0.29, 0.717) is 35.9 Å². The first-order valence-corrected chi connectivity index (χ1v) is 11.6. The minimum absolute atomic E-state index is 0.0250. The van der Waals surface area contributed by atoms with Crippen LogP contribution in [0.15, 0.2) is 58.4 Å². The standard InChI is InChI=1S/C22H24N2O4S2/c1-3-27-17-11-8-12-18-21(17)24(15-20(26)28-4-2)22(30-18)23-19(25)13-14-29-16-9-6-5-7-10-16/h5-12H,3-4,13-15H2,1-2H3. The smallest absolute Gasteiger partial charge is 0.326 e. The van der Waals surface area contributed by atoms with Gasteiger partial charge in [-0.1, -0.05) is 35.6 Å². The second-order valence-electron chi connectivity index (χ2n) is 6.23. The SMILES string of the molecule is CCOC(=O)Cn1c(=NC(=O)CCSc2ccccc2)sc2cccc(OCC)c21. The molecule has 8 heteroatoms. The van der Waals surface area contributed by atoms with Gasteiger partial charge in [-0.15, -0.1) is 11.8 Å². The Morgan fingerprint density at radius 2 is 1.87 bits per heavy atom. The number of thioether (sulfide) groups is 1. The average Bonchev–Trinajstić information content (AvgIpc) is 3.07. The molecule has 1 heterocycles. The molecule has 0 bridgehead atoms. The van der Waals surface area contributed by atoms with Gasteiger partial charge in [0.1, 0.15) is 17.8 Å². The maximum Gasteiger partial charge on any atom is 0.326 e. The molecule has 2 aromatic carbocycles. The van der Waals surface area contributed by atoms with E-state index in [1.54, 1.807) is 23.3 Å². The van der Waals surface area contributed by atoms with Crippen molar-refractivity contribution in [1.29, 1.82) is 0 Å². The molecule has 0 saturated carbocycles. The van der Waals surface area contributed by atoms with Gasteiger partial charge in [0.15, 0.2) is 4.80 Å². The lowest BCUT2D eigenvalue weighted by molar-refractivity contribution is -0.143. The number of thiazole rings is 1. The highest BCUT2D eigenvalue weighted by molar-refractivity contribution is 7.99. The van der Waals surface area contributed by atoms with E-state index in [-0.39, 0.29) is 18.4 Å². The molecule has 3 rings (SSSR count). The van der Waals surface area contributed by atoms with Gasteiger partial charge >= 0.3 is 5.97 Å². The first kappa shape index (κ1) is 22.1. The third kappa shape index (κ3) is 5.73. The summed E-state index contributed by atoms with van der Waals surface area (Å²) in [5.41, 5.74) is 0.752. The molecule has 0 N–H and O–H groups in total. The summed E-state index contributed by atoms with van der Waals surface area (Å²) in [6, 6.07) is 15.6. The van der Waals surface area contributed by atoms with E-state index in [1.165, 1.54) is 11.3 Å². The second kappa shape index (κ2) is 11.0. The molecule has 0 aliphatic heterocycles. The third-order valence-electron chi connectivity index (χ3n) is 4.10. The molecule has 1 aromatic heterocycles. The number of carbonyl (C=O) groups excluding carboxylic acids is 2. The van der Waals surface area contributed by atoms with Gasteiger partial charge in [-0.05, 0) is 38.1 Å². The molecule has 0 radical (unpaired) electrons. The predicted molar refractivity (Wildman–Crippen MR) is 120 cm³/mol. The Kier molecular flexibility index (Phi) is 8.10. The molecule has 3 aromatic rings. The molecular formula is C22H24N2O4S2. The molecule has 0 unspecified atom stereocenters. The Hall–Kier alpha value is -2.58. The maximum atomic E-state index is 12.5. The number of hydrogen-bond donors (Lipinski definition) is 0. The summed E-state index contributed by atoms with van der Waals surface area (Å²) >= 11 is 2.98. The summed E-state index contributed by atoms with van der Waals surface area (Å²) in [5, 5.41) is 0. The number of amides is 1. The molecule has 0 aliphatic rings. The van der Waals surface area contributed by atoms with Gasteiger partial charge in [0.05, 0.1) is 17.9 Å². The zero-order chi connectivity index (χ0) is 21.3. The largest absolute Gasteiger partial charge is 0.492 e. The molecule has 30 heavy (non-hydrogen) atoms. The lowest BCUT2D eigenvalue weighted by Gasteiger charge is -2.09. The Morgan fingerprint density at radius 1 is 1.07 bits per heavy atom. The zero-order valence-corrected chi connectivity index (χ0v) is 18.6. The number of para-hydroxylation sites is 1. The van der Waals surface area contributed by atoms with E-state index >= 15 is 0 Å². The minimum atomic E-state index is -0.378. The molecule has 158 valence electrons. The van der Waals surface area contributed by atoms with Crippen LogP contribution >= 0.6 is 23.1 Å². The van der Waals surface area contributed by atoms with Crippen molar-refractivity contribution >= 4 is 45.2 Å². The van der Waals surface area contributed by atoms with Crippen molar-refractivity contribution in [3.8, 4) is 5.75 Å². The molecule has 0 fully saturated rings. The summed E-state index contributed by atoms with van der Waals surface area (Å²) in [4.78, 5) is 30.6. The number of nitrogens with zero attached hydrogens (tertiary/aromatic N) is 2. The van der Waals surface area contributed by atoms with Gasteiger partial charge in [0, 0.05) is 17.1 Å². The van der Waals surface area contributed by atoms with Gasteiger partial charge in [0.25, 0.3) is 0 Å². The van der Waals surface area contributed by atoms with E-state index in [9.17, 15) is 9.59 Å². The fraction of sp³-hybridized carbons (Fsp3) is 0.318. The number of benzene rings is 2. The molecule has 0 aliphatic carbocycles. The topological polar surface area (TPSA) is 69.9 Å². The number of esters is 1. The van der Waals surface area contributed by atoms with Crippen LogP contribution in [-0.4, -0.2) is 35.4 Å². The van der Waals surface area contributed by atoms with Crippen molar-refractivity contribution in [2.45, 2.75) is 31.7 Å². The molecule has 0 spiro atoms. The van der Waals surface area contributed by atoms with E-state index in [0.717, 1.165) is 15.1 Å². The zero-order valence-electron chi connectivity index (χ0n) is 17.0. The van der Waals surface area contributed by atoms with Crippen LogP contribution in [-0.2, 0) is 20.9 Å². The molecule has 0 saturated heterocycles. The second-order valence-corrected chi connectivity index (χ2v) is 8.41. The fourth-order valence-electron chi connectivity index (χ4n) is 2.87. The lowest BCUT2D eigenvalue weighted by atomic mass is 10.3. The Morgan fingerprint density at radius 3 is 2.60 bits per heavy atom. The van der Waals surface area contributed by atoms with Crippen LogP contribution in [0.25, 0.3) is 10.2 Å². The number of ether oxygens (including phenoxy) is 2. The highest BCUT2D eigenvalue weighted by Crippen LogP contribution is 2.27. The molecular weight excluding hydrogens is 420 g/mol. The van der Waals surface area contributed by atoms with E-state index in [1.807, 2.05) is 55.5 Å². The van der Waals surface area contributed by atoms with Crippen LogP contribution in [0.3, 0.4) is 0 Å². The van der Waals surface area contributed by atoms with Crippen LogP contribution in [0.4, 0.5) is 0 Å². The van der Waals surface area contributed by atoms with E-state index < -0.39 is 0 Å². The first-order chi connectivity index (χ1) is 14.6.